The molecule has 1 heterocycles. The number of carbonyl (C=O) groups excluding carboxylic acids is 1. The van der Waals surface area contributed by atoms with Crippen LogP contribution in [0, 0.1) is 11.1 Å². The van der Waals surface area contributed by atoms with Crippen molar-refractivity contribution in [3.63, 3.8) is 0 Å². The van der Waals surface area contributed by atoms with E-state index in [0.29, 0.717) is 16.8 Å². The molecule has 0 bridgehead atoms. The van der Waals surface area contributed by atoms with Crippen molar-refractivity contribution in [3.05, 3.63) is 57.6 Å². The summed E-state index contributed by atoms with van der Waals surface area (Å²) in [6.07, 6.45) is 0.418. The third-order valence-electron chi connectivity index (χ3n) is 3.28. The van der Waals surface area contributed by atoms with Crippen LogP contribution in [-0.4, -0.2) is 18.1 Å². The average molecular weight is 351 g/mol. The number of halogens is 1. The number of hydrogen-bond donors (Lipinski definition) is 0. The van der Waals surface area contributed by atoms with E-state index in [2.05, 4.69) is 9.72 Å². The summed E-state index contributed by atoms with van der Waals surface area (Å²) in [6, 6.07) is 9.46. The summed E-state index contributed by atoms with van der Waals surface area (Å²) >= 11 is 5.98. The Bertz CT molecular complexity index is 720. The SMILES string of the molecule is COC(=O)c1nc(OCc2ccccc2)c(CC(C)C)[n+]([O-])c1Cl. The van der Waals surface area contributed by atoms with Crippen molar-refractivity contribution in [3.8, 4) is 5.88 Å². The number of methoxy groups -OCH3 is 1. The minimum atomic E-state index is -0.787. The van der Waals surface area contributed by atoms with E-state index in [1.807, 2.05) is 44.2 Å². The zero-order chi connectivity index (χ0) is 17.7. The van der Waals surface area contributed by atoms with Crippen LogP contribution < -0.4 is 9.47 Å². The molecule has 0 radical (unpaired) electrons. The maximum absolute atomic E-state index is 12.4. The molecule has 0 fully saturated rings. The van der Waals surface area contributed by atoms with Crippen LogP contribution in [0.5, 0.6) is 5.88 Å². The summed E-state index contributed by atoms with van der Waals surface area (Å²) in [4.78, 5) is 15.9. The highest BCUT2D eigenvalue weighted by Gasteiger charge is 2.29. The van der Waals surface area contributed by atoms with Gasteiger partial charge in [-0.15, -0.1) is 0 Å². The molecule has 0 saturated carbocycles. The molecule has 0 aliphatic rings. The molecule has 2 rings (SSSR count). The van der Waals surface area contributed by atoms with E-state index in [-0.39, 0.29) is 29.3 Å². The van der Waals surface area contributed by atoms with Crippen LogP contribution in [0.4, 0.5) is 0 Å². The highest BCUT2D eigenvalue weighted by molar-refractivity contribution is 6.31. The van der Waals surface area contributed by atoms with Gasteiger partial charge in [-0.05, 0) is 23.1 Å². The quantitative estimate of drug-likeness (QED) is 0.455. The van der Waals surface area contributed by atoms with Crippen molar-refractivity contribution in [2.75, 3.05) is 7.11 Å². The fourth-order valence-corrected chi connectivity index (χ4v) is 2.36. The molecule has 0 N–H and O–H groups in total. The Balaban J connectivity index is 2.41. The van der Waals surface area contributed by atoms with Crippen molar-refractivity contribution in [1.82, 2.24) is 4.98 Å². The first kappa shape index (κ1) is 18.0. The molecule has 1 aromatic carbocycles. The molecule has 0 saturated heterocycles. The van der Waals surface area contributed by atoms with Crippen molar-refractivity contribution in [1.29, 1.82) is 0 Å². The first-order chi connectivity index (χ1) is 11.4. The van der Waals surface area contributed by atoms with Gasteiger partial charge in [-0.1, -0.05) is 44.2 Å². The largest absolute Gasteiger partial charge is 0.617 e. The summed E-state index contributed by atoms with van der Waals surface area (Å²) in [5.74, 6) is -0.510. The molecular formula is C17H19ClN2O4. The molecule has 1 aromatic heterocycles. The topological polar surface area (TPSA) is 75.4 Å². The van der Waals surface area contributed by atoms with Crippen LogP contribution >= 0.6 is 11.6 Å². The smallest absolute Gasteiger partial charge is 0.364 e. The number of carbonyl (C=O) groups is 1. The van der Waals surface area contributed by atoms with Gasteiger partial charge in [0.2, 0.25) is 5.69 Å². The minimum Gasteiger partial charge on any atom is -0.617 e. The van der Waals surface area contributed by atoms with Gasteiger partial charge >= 0.3 is 11.1 Å². The molecule has 0 unspecified atom stereocenters. The third kappa shape index (κ3) is 4.14. The fourth-order valence-electron chi connectivity index (χ4n) is 2.14. The summed E-state index contributed by atoms with van der Waals surface area (Å²) in [7, 11) is 1.20. The number of ether oxygens (including phenoxy) is 2. The lowest BCUT2D eigenvalue weighted by atomic mass is 10.1. The van der Waals surface area contributed by atoms with Crippen molar-refractivity contribution in [2.45, 2.75) is 26.9 Å². The van der Waals surface area contributed by atoms with Gasteiger partial charge in [0.15, 0.2) is 0 Å². The minimum absolute atomic E-state index is 0.0901. The van der Waals surface area contributed by atoms with E-state index < -0.39 is 5.97 Å². The van der Waals surface area contributed by atoms with E-state index >= 15 is 0 Å². The first-order valence-corrected chi connectivity index (χ1v) is 7.88. The lowest BCUT2D eigenvalue weighted by Gasteiger charge is -2.14. The Hall–Kier alpha value is -2.34. The van der Waals surface area contributed by atoms with Gasteiger partial charge in [0.05, 0.1) is 7.11 Å². The summed E-state index contributed by atoms with van der Waals surface area (Å²) in [5, 5.41) is 12.1. The van der Waals surface area contributed by atoms with E-state index in [4.69, 9.17) is 16.3 Å². The Labute approximate surface area is 145 Å². The summed E-state index contributed by atoms with van der Waals surface area (Å²) < 4.78 is 10.8. The maximum Gasteiger partial charge on any atom is 0.364 e. The second kappa shape index (κ2) is 7.97. The molecule has 0 aliphatic carbocycles. The molecule has 6 nitrogen and oxygen atoms in total. The lowest BCUT2D eigenvalue weighted by Crippen LogP contribution is -2.37. The van der Waals surface area contributed by atoms with Crippen molar-refractivity contribution < 1.29 is 19.0 Å². The second-order valence-electron chi connectivity index (χ2n) is 5.66. The molecule has 2 aromatic rings. The van der Waals surface area contributed by atoms with Crippen LogP contribution in [0.3, 0.4) is 0 Å². The highest BCUT2D eigenvalue weighted by atomic mass is 35.5. The van der Waals surface area contributed by atoms with Gasteiger partial charge < -0.3 is 14.7 Å². The van der Waals surface area contributed by atoms with E-state index in [1.165, 1.54) is 7.11 Å². The summed E-state index contributed by atoms with van der Waals surface area (Å²) in [5.41, 5.74) is 0.949. The molecule has 7 heteroatoms. The number of nitrogens with zero attached hydrogens (tertiary/aromatic N) is 2. The third-order valence-corrected chi connectivity index (χ3v) is 3.61. The summed E-state index contributed by atoms with van der Waals surface area (Å²) in [6.45, 7) is 4.15. The fraction of sp³-hybridized carbons (Fsp3) is 0.353. The Morgan fingerprint density at radius 1 is 1.33 bits per heavy atom. The molecule has 0 amide bonds. The molecule has 0 aliphatic heterocycles. The van der Waals surface area contributed by atoms with Crippen LogP contribution in [0.25, 0.3) is 0 Å². The molecule has 0 atom stereocenters. The average Bonchev–Trinajstić information content (AvgIpc) is 2.58. The van der Waals surface area contributed by atoms with Crippen molar-refractivity contribution >= 4 is 17.6 Å². The molecule has 24 heavy (non-hydrogen) atoms. The number of benzene rings is 1. The predicted molar refractivity (Wildman–Crippen MR) is 88.9 cm³/mol. The first-order valence-electron chi connectivity index (χ1n) is 7.51. The van der Waals surface area contributed by atoms with Gasteiger partial charge in [-0.25, -0.2) is 4.79 Å². The van der Waals surface area contributed by atoms with Gasteiger partial charge in [0, 0.05) is 6.42 Å². The number of esters is 1. The monoisotopic (exact) mass is 350 g/mol. The molecule has 0 spiro atoms. The lowest BCUT2D eigenvalue weighted by molar-refractivity contribution is -0.613. The van der Waals surface area contributed by atoms with Gasteiger partial charge in [-0.3, -0.25) is 0 Å². The standard InChI is InChI=1S/C17H19ClN2O4/c1-11(2)9-13-16(24-10-12-7-5-4-6-8-12)19-14(17(21)23-3)15(18)20(13)22/h4-8,11H,9-10H2,1-3H3. The van der Waals surface area contributed by atoms with Gasteiger partial charge in [0.1, 0.15) is 6.61 Å². The number of aromatic nitrogens is 2. The molecular weight excluding hydrogens is 332 g/mol. The van der Waals surface area contributed by atoms with Gasteiger partial charge in [-0.2, -0.15) is 9.71 Å². The van der Waals surface area contributed by atoms with Crippen molar-refractivity contribution in [2.24, 2.45) is 5.92 Å². The zero-order valence-electron chi connectivity index (χ0n) is 13.8. The van der Waals surface area contributed by atoms with Gasteiger partial charge in [0.25, 0.3) is 11.6 Å². The Morgan fingerprint density at radius 3 is 2.58 bits per heavy atom. The van der Waals surface area contributed by atoms with Crippen LogP contribution in [-0.2, 0) is 17.8 Å². The Kier molecular flexibility index (Phi) is 5.98. The number of hydrogen-bond acceptors (Lipinski definition) is 5. The maximum atomic E-state index is 12.4. The van der Waals surface area contributed by atoms with E-state index in [1.54, 1.807) is 0 Å². The Morgan fingerprint density at radius 2 is 2.00 bits per heavy atom. The van der Waals surface area contributed by atoms with Crippen LogP contribution in [0.2, 0.25) is 5.15 Å². The normalized spacial score (nSPS) is 10.7. The zero-order valence-corrected chi connectivity index (χ0v) is 14.5. The number of rotatable bonds is 6. The second-order valence-corrected chi connectivity index (χ2v) is 6.02. The predicted octanol–water partition coefficient (Wildman–Crippen LogP) is 2.93. The van der Waals surface area contributed by atoms with E-state index in [0.717, 1.165) is 5.56 Å². The highest BCUT2D eigenvalue weighted by Crippen LogP contribution is 2.22. The van der Waals surface area contributed by atoms with Crippen LogP contribution in [0.1, 0.15) is 35.6 Å². The molecule has 128 valence electrons. The van der Waals surface area contributed by atoms with Crippen LogP contribution in [0.15, 0.2) is 30.3 Å². The van der Waals surface area contributed by atoms with E-state index in [9.17, 15) is 10.0 Å².